The molecular weight excluding hydrogens is 213 g/mol. The van der Waals surface area contributed by atoms with Crippen LogP contribution in [0, 0.1) is 11.7 Å². The fourth-order valence-corrected chi connectivity index (χ4v) is 2.29. The summed E-state index contributed by atoms with van der Waals surface area (Å²) in [5.74, 6) is 0.470. The highest BCUT2D eigenvalue weighted by atomic mass is 35.5. The monoisotopic (exact) mass is 227 g/mol. The Morgan fingerprint density at radius 3 is 2.80 bits per heavy atom. The topological polar surface area (TPSA) is 12.0 Å². The SMILES string of the molecule is Fc1ccc(Cl)cc1CC1CCNCC1. The largest absolute Gasteiger partial charge is 0.317 e. The van der Waals surface area contributed by atoms with Crippen LogP contribution in [0.3, 0.4) is 0 Å². The number of hydrogen-bond acceptors (Lipinski definition) is 1. The fraction of sp³-hybridized carbons (Fsp3) is 0.500. The van der Waals surface area contributed by atoms with Gasteiger partial charge in [0.05, 0.1) is 0 Å². The van der Waals surface area contributed by atoms with E-state index in [1.54, 1.807) is 12.1 Å². The number of halogens is 2. The number of nitrogens with one attached hydrogen (secondary N) is 1. The van der Waals surface area contributed by atoms with Gasteiger partial charge < -0.3 is 5.32 Å². The van der Waals surface area contributed by atoms with Crippen molar-refractivity contribution in [2.75, 3.05) is 13.1 Å². The van der Waals surface area contributed by atoms with Gasteiger partial charge in [-0.15, -0.1) is 0 Å². The highest BCUT2D eigenvalue weighted by Gasteiger charge is 2.15. The molecule has 1 aromatic rings. The summed E-state index contributed by atoms with van der Waals surface area (Å²) < 4.78 is 13.5. The van der Waals surface area contributed by atoms with E-state index in [1.165, 1.54) is 6.07 Å². The van der Waals surface area contributed by atoms with Crippen molar-refractivity contribution in [1.29, 1.82) is 0 Å². The van der Waals surface area contributed by atoms with Crippen LogP contribution in [0.15, 0.2) is 18.2 Å². The molecule has 82 valence electrons. The van der Waals surface area contributed by atoms with E-state index in [4.69, 9.17) is 11.6 Å². The summed E-state index contributed by atoms with van der Waals surface area (Å²) in [5.41, 5.74) is 0.759. The Hall–Kier alpha value is -0.600. The molecule has 1 saturated heterocycles. The molecular formula is C12H15ClFN. The molecule has 0 spiro atoms. The average Bonchev–Trinajstić information content (AvgIpc) is 2.25. The summed E-state index contributed by atoms with van der Waals surface area (Å²) in [6, 6.07) is 4.81. The summed E-state index contributed by atoms with van der Waals surface area (Å²) in [5, 5.41) is 3.93. The second-order valence-electron chi connectivity index (χ2n) is 4.13. The van der Waals surface area contributed by atoms with Gasteiger partial charge in [-0.3, -0.25) is 0 Å². The normalized spacial score (nSPS) is 18.0. The maximum atomic E-state index is 13.5. The lowest BCUT2D eigenvalue weighted by Crippen LogP contribution is -2.28. The standard InChI is InChI=1S/C12H15ClFN/c13-11-1-2-12(14)10(8-11)7-9-3-5-15-6-4-9/h1-2,8-9,15H,3-7H2. The minimum atomic E-state index is -0.127. The first-order chi connectivity index (χ1) is 7.25. The molecule has 1 heterocycles. The van der Waals surface area contributed by atoms with Crippen molar-refractivity contribution >= 4 is 11.6 Å². The van der Waals surface area contributed by atoms with Crippen molar-refractivity contribution in [3.05, 3.63) is 34.6 Å². The van der Waals surface area contributed by atoms with E-state index in [1.807, 2.05) is 0 Å². The van der Waals surface area contributed by atoms with Crippen LogP contribution in [0.5, 0.6) is 0 Å². The van der Waals surface area contributed by atoms with Crippen LogP contribution in [0.1, 0.15) is 18.4 Å². The predicted octanol–water partition coefficient (Wildman–Crippen LogP) is 3.02. The lowest BCUT2D eigenvalue weighted by molar-refractivity contribution is 0.368. The van der Waals surface area contributed by atoms with Crippen LogP contribution in [-0.2, 0) is 6.42 Å². The number of piperidine rings is 1. The van der Waals surface area contributed by atoms with E-state index in [0.717, 1.165) is 37.9 Å². The van der Waals surface area contributed by atoms with Gasteiger partial charge >= 0.3 is 0 Å². The summed E-state index contributed by atoms with van der Waals surface area (Å²) in [6.07, 6.45) is 3.08. The Labute approximate surface area is 94.6 Å². The van der Waals surface area contributed by atoms with Crippen LogP contribution in [-0.4, -0.2) is 13.1 Å². The molecule has 3 heteroatoms. The van der Waals surface area contributed by atoms with Gasteiger partial charge in [0, 0.05) is 5.02 Å². The van der Waals surface area contributed by atoms with E-state index < -0.39 is 0 Å². The summed E-state index contributed by atoms with van der Waals surface area (Å²) >= 11 is 5.86. The zero-order chi connectivity index (χ0) is 10.7. The van der Waals surface area contributed by atoms with Gasteiger partial charge in [-0.1, -0.05) is 11.6 Å². The van der Waals surface area contributed by atoms with Crippen molar-refractivity contribution in [2.45, 2.75) is 19.3 Å². The number of hydrogen-bond donors (Lipinski definition) is 1. The van der Waals surface area contributed by atoms with Crippen LogP contribution >= 0.6 is 11.6 Å². The Bertz CT molecular complexity index is 334. The first-order valence-corrected chi connectivity index (χ1v) is 5.78. The molecule has 2 rings (SSSR count). The third kappa shape index (κ3) is 2.93. The fourth-order valence-electron chi connectivity index (χ4n) is 2.10. The minimum absolute atomic E-state index is 0.127. The van der Waals surface area contributed by atoms with Gasteiger partial charge in [0.1, 0.15) is 5.82 Å². The molecule has 1 aliphatic heterocycles. The quantitative estimate of drug-likeness (QED) is 0.819. The van der Waals surface area contributed by atoms with E-state index in [0.29, 0.717) is 10.9 Å². The van der Waals surface area contributed by atoms with Crippen molar-refractivity contribution in [3.8, 4) is 0 Å². The molecule has 1 N–H and O–H groups in total. The molecule has 0 saturated carbocycles. The van der Waals surface area contributed by atoms with Gasteiger partial charge in [0.15, 0.2) is 0 Å². The molecule has 0 unspecified atom stereocenters. The molecule has 0 bridgehead atoms. The first-order valence-electron chi connectivity index (χ1n) is 5.40. The minimum Gasteiger partial charge on any atom is -0.317 e. The Morgan fingerprint density at radius 2 is 2.07 bits per heavy atom. The number of benzene rings is 1. The highest BCUT2D eigenvalue weighted by Crippen LogP contribution is 2.22. The maximum Gasteiger partial charge on any atom is 0.126 e. The predicted molar refractivity (Wildman–Crippen MR) is 60.7 cm³/mol. The van der Waals surface area contributed by atoms with E-state index in [9.17, 15) is 4.39 Å². The molecule has 1 aromatic carbocycles. The first kappa shape index (κ1) is 10.9. The Balaban J connectivity index is 2.05. The maximum absolute atomic E-state index is 13.5. The second kappa shape index (κ2) is 4.95. The van der Waals surface area contributed by atoms with Crippen molar-refractivity contribution in [3.63, 3.8) is 0 Å². The lowest BCUT2D eigenvalue weighted by Gasteiger charge is -2.22. The van der Waals surface area contributed by atoms with Gasteiger partial charge in [0.2, 0.25) is 0 Å². The molecule has 0 atom stereocenters. The zero-order valence-electron chi connectivity index (χ0n) is 8.60. The molecule has 1 fully saturated rings. The summed E-state index contributed by atoms with van der Waals surface area (Å²) in [4.78, 5) is 0. The van der Waals surface area contributed by atoms with Gasteiger partial charge in [0.25, 0.3) is 0 Å². The molecule has 0 amide bonds. The average molecular weight is 228 g/mol. The third-order valence-electron chi connectivity index (χ3n) is 2.98. The third-order valence-corrected chi connectivity index (χ3v) is 3.21. The molecule has 0 aromatic heterocycles. The molecule has 1 aliphatic rings. The highest BCUT2D eigenvalue weighted by molar-refractivity contribution is 6.30. The summed E-state index contributed by atoms with van der Waals surface area (Å²) in [7, 11) is 0. The van der Waals surface area contributed by atoms with Gasteiger partial charge in [-0.2, -0.15) is 0 Å². The van der Waals surface area contributed by atoms with Crippen LogP contribution < -0.4 is 5.32 Å². The van der Waals surface area contributed by atoms with Gasteiger partial charge in [-0.25, -0.2) is 4.39 Å². The van der Waals surface area contributed by atoms with Gasteiger partial charge in [-0.05, 0) is 62.0 Å². The molecule has 0 aliphatic carbocycles. The Morgan fingerprint density at radius 1 is 1.33 bits per heavy atom. The van der Waals surface area contributed by atoms with E-state index in [-0.39, 0.29) is 5.82 Å². The van der Waals surface area contributed by atoms with Crippen molar-refractivity contribution in [2.24, 2.45) is 5.92 Å². The second-order valence-corrected chi connectivity index (χ2v) is 4.57. The number of rotatable bonds is 2. The Kier molecular flexibility index (Phi) is 3.60. The lowest BCUT2D eigenvalue weighted by atomic mass is 9.91. The van der Waals surface area contributed by atoms with E-state index >= 15 is 0 Å². The molecule has 0 radical (unpaired) electrons. The van der Waals surface area contributed by atoms with Crippen LogP contribution in [0.2, 0.25) is 5.02 Å². The van der Waals surface area contributed by atoms with Crippen LogP contribution in [0.25, 0.3) is 0 Å². The smallest absolute Gasteiger partial charge is 0.126 e. The van der Waals surface area contributed by atoms with Crippen molar-refractivity contribution in [1.82, 2.24) is 5.32 Å². The van der Waals surface area contributed by atoms with Crippen LogP contribution in [0.4, 0.5) is 4.39 Å². The van der Waals surface area contributed by atoms with E-state index in [2.05, 4.69) is 5.32 Å². The molecule has 1 nitrogen and oxygen atoms in total. The summed E-state index contributed by atoms with van der Waals surface area (Å²) in [6.45, 7) is 2.10. The van der Waals surface area contributed by atoms with Crippen molar-refractivity contribution < 1.29 is 4.39 Å². The molecule has 15 heavy (non-hydrogen) atoms. The zero-order valence-corrected chi connectivity index (χ0v) is 9.36.